The number of nitrogens with one attached hydrogen (secondary N) is 1. The van der Waals surface area contributed by atoms with Crippen molar-refractivity contribution in [3.63, 3.8) is 0 Å². The lowest BCUT2D eigenvalue weighted by atomic mass is 10.1. The van der Waals surface area contributed by atoms with Crippen LogP contribution in [0.3, 0.4) is 0 Å². The molecule has 0 saturated heterocycles. The van der Waals surface area contributed by atoms with Gasteiger partial charge in [-0.2, -0.15) is 0 Å². The summed E-state index contributed by atoms with van der Waals surface area (Å²) in [6.07, 6.45) is 1.76. The lowest BCUT2D eigenvalue weighted by Crippen LogP contribution is -2.08. The molecule has 0 atom stereocenters. The zero-order valence-electron chi connectivity index (χ0n) is 8.27. The average molecular weight is 214 g/mol. The normalized spacial score (nSPS) is 11.9. The number of hydrogen-bond acceptors (Lipinski definition) is 1. The second-order valence-electron chi connectivity index (χ2n) is 3.16. The molecule has 1 aromatic carbocycles. The first-order valence-electron chi connectivity index (χ1n) is 4.41. The van der Waals surface area contributed by atoms with E-state index in [0.29, 0.717) is 10.6 Å². The Morgan fingerprint density at radius 1 is 1.57 bits per heavy atom. The van der Waals surface area contributed by atoms with E-state index in [1.807, 2.05) is 14.0 Å². The Bertz CT molecular complexity index is 327. The highest BCUT2D eigenvalue weighted by Crippen LogP contribution is 2.21. The van der Waals surface area contributed by atoms with Crippen LogP contribution in [0.2, 0.25) is 5.02 Å². The molecule has 0 heterocycles. The Morgan fingerprint density at radius 3 is 2.86 bits per heavy atom. The standard InChI is InChI=1S/C11H13ClFN/c1-8(7-14-2)6-9-10(12)4-3-5-11(9)13/h3-6,14H,7H2,1-2H3. The molecule has 0 aliphatic heterocycles. The lowest BCUT2D eigenvalue weighted by molar-refractivity contribution is 0.625. The van der Waals surface area contributed by atoms with Crippen molar-refractivity contribution in [3.05, 3.63) is 40.2 Å². The molecule has 0 aliphatic carbocycles. The summed E-state index contributed by atoms with van der Waals surface area (Å²) in [5.41, 5.74) is 1.50. The molecule has 14 heavy (non-hydrogen) atoms. The molecule has 0 unspecified atom stereocenters. The summed E-state index contributed by atoms with van der Waals surface area (Å²) in [4.78, 5) is 0. The minimum absolute atomic E-state index is 0.284. The second-order valence-corrected chi connectivity index (χ2v) is 3.56. The van der Waals surface area contributed by atoms with Crippen LogP contribution in [0.5, 0.6) is 0 Å². The summed E-state index contributed by atoms with van der Waals surface area (Å²) in [5.74, 6) is -0.284. The highest BCUT2D eigenvalue weighted by molar-refractivity contribution is 6.32. The van der Waals surface area contributed by atoms with Crippen molar-refractivity contribution in [3.8, 4) is 0 Å². The highest BCUT2D eigenvalue weighted by atomic mass is 35.5. The Kier molecular flexibility index (Phi) is 4.11. The molecule has 0 amide bonds. The minimum Gasteiger partial charge on any atom is -0.316 e. The summed E-state index contributed by atoms with van der Waals surface area (Å²) < 4.78 is 13.3. The van der Waals surface area contributed by atoms with Gasteiger partial charge in [0.2, 0.25) is 0 Å². The van der Waals surface area contributed by atoms with Crippen LogP contribution in [0.4, 0.5) is 4.39 Å². The molecule has 1 aromatic rings. The van der Waals surface area contributed by atoms with Crippen molar-refractivity contribution in [1.82, 2.24) is 5.32 Å². The van der Waals surface area contributed by atoms with Gasteiger partial charge in [-0.15, -0.1) is 0 Å². The molecule has 1 N–H and O–H groups in total. The predicted molar refractivity (Wildman–Crippen MR) is 59.0 cm³/mol. The van der Waals surface area contributed by atoms with Crippen LogP contribution in [0.25, 0.3) is 6.08 Å². The van der Waals surface area contributed by atoms with Crippen molar-refractivity contribution in [2.45, 2.75) is 6.92 Å². The van der Waals surface area contributed by atoms with Gasteiger partial charge >= 0.3 is 0 Å². The van der Waals surface area contributed by atoms with Crippen molar-refractivity contribution in [2.75, 3.05) is 13.6 Å². The first-order chi connectivity index (χ1) is 6.65. The molecule has 0 fully saturated rings. The Hall–Kier alpha value is -0.860. The van der Waals surface area contributed by atoms with Crippen LogP contribution >= 0.6 is 11.6 Å². The maximum absolute atomic E-state index is 13.3. The van der Waals surface area contributed by atoms with Crippen molar-refractivity contribution < 1.29 is 4.39 Å². The average Bonchev–Trinajstić information content (AvgIpc) is 2.12. The van der Waals surface area contributed by atoms with Gasteiger partial charge in [-0.1, -0.05) is 29.3 Å². The SMILES string of the molecule is CNCC(C)=Cc1c(F)cccc1Cl. The minimum atomic E-state index is -0.284. The number of likely N-dealkylation sites (N-methyl/N-ethyl adjacent to an activating group) is 1. The fourth-order valence-corrected chi connectivity index (χ4v) is 1.44. The maximum Gasteiger partial charge on any atom is 0.131 e. The Labute approximate surface area is 88.6 Å². The zero-order chi connectivity index (χ0) is 10.6. The number of hydrogen-bond donors (Lipinski definition) is 1. The number of halogens is 2. The van der Waals surface area contributed by atoms with E-state index >= 15 is 0 Å². The van der Waals surface area contributed by atoms with E-state index in [4.69, 9.17) is 11.6 Å². The number of benzene rings is 1. The Balaban J connectivity index is 3.01. The van der Waals surface area contributed by atoms with Gasteiger partial charge in [-0.05, 0) is 26.1 Å². The maximum atomic E-state index is 13.3. The summed E-state index contributed by atoms with van der Waals surface area (Å²) >= 11 is 5.87. The van der Waals surface area contributed by atoms with E-state index in [2.05, 4.69) is 5.32 Å². The van der Waals surface area contributed by atoms with Crippen molar-refractivity contribution in [1.29, 1.82) is 0 Å². The van der Waals surface area contributed by atoms with Gasteiger partial charge in [0.1, 0.15) is 5.82 Å². The summed E-state index contributed by atoms with van der Waals surface area (Å²) in [5, 5.41) is 3.44. The van der Waals surface area contributed by atoms with Gasteiger partial charge in [-0.25, -0.2) is 4.39 Å². The van der Waals surface area contributed by atoms with Crippen LogP contribution in [0.15, 0.2) is 23.8 Å². The van der Waals surface area contributed by atoms with E-state index in [-0.39, 0.29) is 5.82 Å². The first-order valence-corrected chi connectivity index (χ1v) is 4.78. The van der Waals surface area contributed by atoms with Gasteiger partial charge in [0.15, 0.2) is 0 Å². The van der Waals surface area contributed by atoms with Gasteiger partial charge in [0.25, 0.3) is 0 Å². The third kappa shape index (κ3) is 2.82. The fraction of sp³-hybridized carbons (Fsp3) is 0.273. The molecule has 0 aliphatic rings. The van der Waals surface area contributed by atoms with Crippen LogP contribution in [0, 0.1) is 5.82 Å². The smallest absolute Gasteiger partial charge is 0.131 e. The molecule has 1 nitrogen and oxygen atoms in total. The Morgan fingerprint density at radius 2 is 2.29 bits per heavy atom. The molecule has 3 heteroatoms. The van der Waals surface area contributed by atoms with Gasteiger partial charge in [0, 0.05) is 12.1 Å². The zero-order valence-corrected chi connectivity index (χ0v) is 9.03. The largest absolute Gasteiger partial charge is 0.316 e. The molecule has 0 spiro atoms. The topological polar surface area (TPSA) is 12.0 Å². The van der Waals surface area contributed by atoms with Crippen LogP contribution < -0.4 is 5.32 Å². The summed E-state index contributed by atoms with van der Waals surface area (Å²) in [6.45, 7) is 2.66. The third-order valence-electron chi connectivity index (χ3n) is 1.85. The van der Waals surface area contributed by atoms with Gasteiger partial charge in [-0.3, -0.25) is 0 Å². The molecule has 76 valence electrons. The molecule has 1 rings (SSSR count). The quantitative estimate of drug-likeness (QED) is 0.814. The monoisotopic (exact) mass is 213 g/mol. The third-order valence-corrected chi connectivity index (χ3v) is 2.18. The molecular formula is C11H13ClFN. The molecule has 0 radical (unpaired) electrons. The van der Waals surface area contributed by atoms with E-state index in [9.17, 15) is 4.39 Å². The second kappa shape index (κ2) is 5.13. The molecule has 0 aromatic heterocycles. The molecule has 0 saturated carbocycles. The van der Waals surface area contributed by atoms with E-state index in [1.165, 1.54) is 6.07 Å². The number of rotatable bonds is 3. The summed E-state index contributed by atoms with van der Waals surface area (Å²) in [7, 11) is 1.85. The van der Waals surface area contributed by atoms with Crippen molar-refractivity contribution in [2.24, 2.45) is 0 Å². The van der Waals surface area contributed by atoms with Crippen LogP contribution in [0.1, 0.15) is 12.5 Å². The fourth-order valence-electron chi connectivity index (χ4n) is 1.22. The van der Waals surface area contributed by atoms with Gasteiger partial charge in [0.05, 0.1) is 5.02 Å². The highest BCUT2D eigenvalue weighted by Gasteiger charge is 2.03. The molecule has 0 bridgehead atoms. The van der Waals surface area contributed by atoms with Crippen molar-refractivity contribution >= 4 is 17.7 Å². The van der Waals surface area contributed by atoms with E-state index in [1.54, 1.807) is 18.2 Å². The lowest BCUT2D eigenvalue weighted by Gasteiger charge is -2.03. The first kappa shape index (κ1) is 11.2. The van der Waals surface area contributed by atoms with E-state index in [0.717, 1.165) is 12.1 Å². The predicted octanol–water partition coefficient (Wildman–Crippen LogP) is 3.10. The summed E-state index contributed by atoms with van der Waals surface area (Å²) in [6, 6.07) is 4.69. The van der Waals surface area contributed by atoms with Crippen LogP contribution in [-0.2, 0) is 0 Å². The van der Waals surface area contributed by atoms with Gasteiger partial charge < -0.3 is 5.32 Å². The molecular weight excluding hydrogens is 201 g/mol. The van der Waals surface area contributed by atoms with E-state index < -0.39 is 0 Å². The van der Waals surface area contributed by atoms with Crippen LogP contribution in [-0.4, -0.2) is 13.6 Å².